The van der Waals surface area contributed by atoms with Crippen LogP contribution in [-0.2, 0) is 11.0 Å². The lowest BCUT2D eigenvalue weighted by molar-refractivity contribution is -0.137. The second-order valence-corrected chi connectivity index (χ2v) is 4.31. The Morgan fingerprint density at radius 2 is 1.83 bits per heavy atom. The molecule has 0 atom stereocenters. The van der Waals surface area contributed by atoms with Gasteiger partial charge < -0.3 is 0 Å². The van der Waals surface area contributed by atoms with E-state index in [1.807, 2.05) is 0 Å². The van der Waals surface area contributed by atoms with Crippen molar-refractivity contribution >= 4 is 17.7 Å². The molecule has 0 saturated heterocycles. The van der Waals surface area contributed by atoms with Crippen molar-refractivity contribution in [1.29, 1.82) is 0 Å². The Hall–Kier alpha value is -1.35. The largest absolute Gasteiger partial charge is 0.416 e. The third-order valence-electron chi connectivity index (χ3n) is 1.80. The van der Waals surface area contributed by atoms with Crippen molar-refractivity contribution in [3.63, 3.8) is 0 Å². The van der Waals surface area contributed by atoms with Crippen molar-refractivity contribution in [1.82, 2.24) is 5.43 Å². The average Bonchev–Trinajstić information content (AvgIpc) is 2.26. The summed E-state index contributed by atoms with van der Waals surface area (Å²) in [4.78, 5) is 10.3. The van der Waals surface area contributed by atoms with Crippen molar-refractivity contribution < 1.29 is 26.7 Å². The Balaban J connectivity index is 2.96. The zero-order chi connectivity index (χ0) is 14.0. The van der Waals surface area contributed by atoms with Crippen LogP contribution in [0.15, 0.2) is 29.2 Å². The normalized spacial score (nSPS) is 12.3. The number of benzene rings is 1. The maximum absolute atomic E-state index is 13.1. The lowest BCUT2D eigenvalue weighted by Crippen LogP contribution is -2.41. The van der Waals surface area contributed by atoms with E-state index in [0.717, 1.165) is 18.2 Å². The summed E-state index contributed by atoms with van der Waals surface area (Å²) in [5.74, 6) is 2.75. The number of alkyl halides is 5. The monoisotopic (exact) mass is 286 g/mol. The lowest BCUT2D eigenvalue weighted by atomic mass is 10.2. The molecule has 9 heteroatoms. The number of nitrogens with two attached hydrogens (primary N) is 1. The van der Waals surface area contributed by atoms with Crippen LogP contribution in [-0.4, -0.2) is 11.2 Å². The highest BCUT2D eigenvalue weighted by Gasteiger charge is 2.40. The van der Waals surface area contributed by atoms with E-state index in [1.165, 1.54) is 5.43 Å². The quantitative estimate of drug-likeness (QED) is 0.295. The van der Waals surface area contributed by atoms with Gasteiger partial charge >= 0.3 is 17.3 Å². The first kappa shape index (κ1) is 14.7. The molecule has 3 nitrogen and oxygen atoms in total. The average molecular weight is 286 g/mol. The number of hydrazine groups is 1. The van der Waals surface area contributed by atoms with E-state index in [2.05, 4.69) is 5.84 Å². The summed E-state index contributed by atoms with van der Waals surface area (Å²) >= 11 is -0.317. The third-order valence-corrected chi connectivity index (χ3v) is 2.73. The Labute approximate surface area is 102 Å². The minimum atomic E-state index is -4.64. The van der Waals surface area contributed by atoms with Gasteiger partial charge in [-0.3, -0.25) is 10.2 Å². The highest BCUT2D eigenvalue weighted by atomic mass is 32.2. The van der Waals surface area contributed by atoms with Gasteiger partial charge in [0.05, 0.1) is 5.56 Å². The van der Waals surface area contributed by atoms with E-state index in [4.69, 9.17) is 0 Å². The molecule has 0 radical (unpaired) electrons. The molecule has 0 unspecified atom stereocenters. The Morgan fingerprint density at radius 1 is 1.22 bits per heavy atom. The van der Waals surface area contributed by atoms with Crippen LogP contribution in [0.3, 0.4) is 0 Å². The number of hydrogen-bond donors (Lipinski definition) is 2. The van der Waals surface area contributed by atoms with Gasteiger partial charge in [0.15, 0.2) is 0 Å². The zero-order valence-electron chi connectivity index (χ0n) is 8.59. The van der Waals surface area contributed by atoms with Gasteiger partial charge in [0.25, 0.3) is 0 Å². The highest BCUT2D eigenvalue weighted by molar-refractivity contribution is 8.01. The van der Waals surface area contributed by atoms with E-state index in [-0.39, 0.29) is 11.8 Å². The molecular formula is C9H7F5N2OS. The van der Waals surface area contributed by atoms with Crippen molar-refractivity contribution in [3.05, 3.63) is 29.8 Å². The fraction of sp³-hybridized carbons (Fsp3) is 0.222. The topological polar surface area (TPSA) is 55.1 Å². The van der Waals surface area contributed by atoms with E-state index in [1.54, 1.807) is 0 Å². The molecule has 0 fully saturated rings. The predicted molar refractivity (Wildman–Crippen MR) is 54.6 cm³/mol. The maximum Gasteiger partial charge on any atom is 0.416 e. The summed E-state index contributed by atoms with van der Waals surface area (Å²) < 4.78 is 63.2. The van der Waals surface area contributed by atoms with Gasteiger partial charge in [-0.2, -0.15) is 22.0 Å². The molecule has 0 aliphatic carbocycles. The Kier molecular flexibility index (Phi) is 4.17. The minimum Gasteiger partial charge on any atom is -0.288 e. The molecule has 0 aliphatic heterocycles. The number of hydrogen-bond acceptors (Lipinski definition) is 3. The minimum absolute atomic E-state index is 0.317. The number of carbonyl (C=O) groups excluding carboxylic acids is 1. The Bertz CT molecular complexity index is 449. The molecule has 3 N–H and O–H groups in total. The smallest absolute Gasteiger partial charge is 0.288 e. The number of nitrogens with one attached hydrogen (secondary N) is 1. The second kappa shape index (κ2) is 5.11. The molecule has 1 aromatic carbocycles. The summed E-state index contributed by atoms with van der Waals surface area (Å²) in [6.07, 6.45) is -4.64. The van der Waals surface area contributed by atoms with Crippen molar-refractivity contribution in [2.45, 2.75) is 16.3 Å². The van der Waals surface area contributed by atoms with Gasteiger partial charge in [-0.15, -0.1) is 0 Å². The summed E-state index contributed by atoms with van der Waals surface area (Å²) in [5, 5.41) is -3.95. The molecule has 100 valence electrons. The SMILES string of the molecule is NNC(=O)C(F)(F)Sc1cccc(C(F)(F)F)c1. The molecule has 0 saturated carbocycles. The zero-order valence-corrected chi connectivity index (χ0v) is 9.41. The number of thioether (sulfide) groups is 1. The summed E-state index contributed by atoms with van der Waals surface area (Å²) in [6.45, 7) is 0. The number of carbonyl (C=O) groups is 1. The molecule has 0 heterocycles. The second-order valence-electron chi connectivity index (χ2n) is 3.12. The molecule has 1 aromatic rings. The van der Waals surface area contributed by atoms with Gasteiger partial charge in [0.2, 0.25) is 0 Å². The molecule has 0 bridgehead atoms. The van der Waals surface area contributed by atoms with Crippen molar-refractivity contribution in [2.24, 2.45) is 5.84 Å². The molecule has 0 aliphatic rings. The summed E-state index contributed by atoms with van der Waals surface area (Å²) in [7, 11) is 0. The van der Waals surface area contributed by atoms with Crippen LogP contribution in [0.1, 0.15) is 5.56 Å². The molecular weight excluding hydrogens is 279 g/mol. The first-order valence-corrected chi connectivity index (χ1v) is 5.23. The van der Waals surface area contributed by atoms with E-state index in [0.29, 0.717) is 6.07 Å². The Morgan fingerprint density at radius 3 is 2.33 bits per heavy atom. The molecule has 18 heavy (non-hydrogen) atoms. The van der Waals surface area contributed by atoms with Crippen LogP contribution < -0.4 is 11.3 Å². The van der Waals surface area contributed by atoms with E-state index >= 15 is 0 Å². The summed E-state index contributed by atoms with van der Waals surface area (Å²) in [5.41, 5.74) is 0.166. The fourth-order valence-corrected chi connectivity index (χ4v) is 1.79. The first-order valence-electron chi connectivity index (χ1n) is 4.42. The fourth-order valence-electron chi connectivity index (χ4n) is 1.01. The molecule has 0 spiro atoms. The van der Waals surface area contributed by atoms with Crippen molar-refractivity contribution in [2.75, 3.05) is 0 Å². The van der Waals surface area contributed by atoms with Gasteiger partial charge in [-0.1, -0.05) is 6.07 Å². The molecule has 1 amide bonds. The number of amides is 1. The van der Waals surface area contributed by atoms with Gasteiger partial charge in [0, 0.05) is 4.90 Å². The van der Waals surface area contributed by atoms with Gasteiger partial charge in [-0.05, 0) is 30.0 Å². The van der Waals surface area contributed by atoms with E-state index < -0.39 is 27.8 Å². The van der Waals surface area contributed by atoms with Gasteiger partial charge in [-0.25, -0.2) is 5.84 Å². The van der Waals surface area contributed by atoms with Crippen LogP contribution in [0.4, 0.5) is 22.0 Å². The number of rotatable bonds is 3. The van der Waals surface area contributed by atoms with Crippen LogP contribution in [0.2, 0.25) is 0 Å². The standard InChI is InChI=1S/C9H7F5N2OS/c10-8(11,12)5-2-1-3-6(4-5)18-9(13,14)7(17)16-15/h1-4H,15H2,(H,16,17). The first-order chi connectivity index (χ1) is 8.16. The maximum atomic E-state index is 13.1. The molecule has 0 aromatic heterocycles. The van der Waals surface area contributed by atoms with Crippen LogP contribution in [0, 0.1) is 0 Å². The van der Waals surface area contributed by atoms with Gasteiger partial charge in [0.1, 0.15) is 0 Å². The number of halogens is 5. The third kappa shape index (κ3) is 3.57. The van der Waals surface area contributed by atoms with E-state index in [9.17, 15) is 26.7 Å². The lowest BCUT2D eigenvalue weighted by Gasteiger charge is -2.14. The highest BCUT2D eigenvalue weighted by Crippen LogP contribution is 2.38. The summed E-state index contributed by atoms with van der Waals surface area (Å²) in [6, 6.07) is 3.28. The van der Waals surface area contributed by atoms with Crippen LogP contribution >= 0.6 is 11.8 Å². The van der Waals surface area contributed by atoms with Crippen LogP contribution in [0.5, 0.6) is 0 Å². The molecule has 1 rings (SSSR count). The predicted octanol–water partition coefficient (Wildman–Crippen LogP) is 2.38. The van der Waals surface area contributed by atoms with Crippen LogP contribution in [0.25, 0.3) is 0 Å². The van der Waals surface area contributed by atoms with Crippen molar-refractivity contribution in [3.8, 4) is 0 Å².